The lowest BCUT2D eigenvalue weighted by Crippen LogP contribution is -2.13. The summed E-state index contributed by atoms with van der Waals surface area (Å²) in [4.78, 5) is 11.4. The summed E-state index contributed by atoms with van der Waals surface area (Å²) in [5, 5.41) is 6.15. The molecule has 1 rings (SSSR count). The predicted octanol–water partition coefficient (Wildman–Crippen LogP) is 2.53. The van der Waals surface area contributed by atoms with Gasteiger partial charge in [-0.2, -0.15) is 0 Å². The molecule has 1 amide bonds. The number of rotatable bonds is 6. The zero-order chi connectivity index (χ0) is 11.8. The van der Waals surface area contributed by atoms with E-state index in [4.69, 9.17) is 0 Å². The second-order valence-electron chi connectivity index (χ2n) is 3.78. The van der Waals surface area contributed by atoms with Gasteiger partial charge in [-0.1, -0.05) is 26.0 Å². The van der Waals surface area contributed by atoms with Gasteiger partial charge in [-0.25, -0.2) is 0 Å². The highest BCUT2D eigenvalue weighted by molar-refractivity contribution is 5.90. The number of benzene rings is 1. The molecule has 16 heavy (non-hydrogen) atoms. The zero-order valence-electron chi connectivity index (χ0n) is 10.0. The van der Waals surface area contributed by atoms with Crippen molar-refractivity contribution in [3.05, 3.63) is 29.8 Å². The minimum atomic E-state index is 0.0862. The molecular formula is C13H20N2O. The molecule has 0 fully saturated rings. The van der Waals surface area contributed by atoms with E-state index < -0.39 is 0 Å². The molecule has 0 spiro atoms. The minimum absolute atomic E-state index is 0.0862. The molecule has 0 unspecified atom stereocenters. The number of hydrogen-bond donors (Lipinski definition) is 2. The first-order valence-electron chi connectivity index (χ1n) is 5.85. The van der Waals surface area contributed by atoms with Gasteiger partial charge in [-0.3, -0.25) is 4.79 Å². The first kappa shape index (κ1) is 12.7. The molecule has 3 heteroatoms. The highest BCUT2D eigenvalue weighted by Gasteiger charge is 2.01. The van der Waals surface area contributed by atoms with Crippen LogP contribution in [-0.4, -0.2) is 12.5 Å². The zero-order valence-corrected chi connectivity index (χ0v) is 10.0. The molecule has 3 nitrogen and oxygen atoms in total. The number of anilines is 1. The average Bonchev–Trinajstić information content (AvgIpc) is 2.27. The maximum Gasteiger partial charge on any atom is 0.224 e. The van der Waals surface area contributed by atoms with Gasteiger partial charge in [0.2, 0.25) is 5.91 Å². The van der Waals surface area contributed by atoms with E-state index >= 15 is 0 Å². The Balaban J connectivity index is 2.56. The third-order valence-corrected chi connectivity index (χ3v) is 2.27. The predicted molar refractivity (Wildman–Crippen MR) is 67.4 cm³/mol. The van der Waals surface area contributed by atoms with Gasteiger partial charge >= 0.3 is 0 Å². The van der Waals surface area contributed by atoms with Crippen molar-refractivity contribution in [1.82, 2.24) is 5.32 Å². The third-order valence-electron chi connectivity index (χ3n) is 2.27. The van der Waals surface area contributed by atoms with Gasteiger partial charge < -0.3 is 10.6 Å². The van der Waals surface area contributed by atoms with Crippen LogP contribution in [0.1, 0.15) is 32.3 Å². The Bertz CT molecular complexity index is 336. The van der Waals surface area contributed by atoms with E-state index in [1.54, 1.807) is 0 Å². The topological polar surface area (TPSA) is 41.1 Å². The van der Waals surface area contributed by atoms with Gasteiger partial charge in [0.05, 0.1) is 0 Å². The van der Waals surface area contributed by atoms with E-state index in [2.05, 4.69) is 23.6 Å². The lowest BCUT2D eigenvalue weighted by Gasteiger charge is -2.07. The van der Waals surface area contributed by atoms with E-state index in [1.807, 2.05) is 25.1 Å². The van der Waals surface area contributed by atoms with Gasteiger partial charge in [0, 0.05) is 18.7 Å². The fourth-order valence-corrected chi connectivity index (χ4v) is 1.48. The molecule has 0 aromatic heterocycles. The average molecular weight is 220 g/mol. The van der Waals surface area contributed by atoms with E-state index in [0.29, 0.717) is 6.42 Å². The second-order valence-corrected chi connectivity index (χ2v) is 3.78. The molecule has 0 aliphatic carbocycles. The minimum Gasteiger partial charge on any atom is -0.326 e. The van der Waals surface area contributed by atoms with Crippen LogP contribution in [0.15, 0.2) is 24.3 Å². The highest BCUT2D eigenvalue weighted by atomic mass is 16.1. The summed E-state index contributed by atoms with van der Waals surface area (Å²) >= 11 is 0. The van der Waals surface area contributed by atoms with Crippen LogP contribution in [0.25, 0.3) is 0 Å². The van der Waals surface area contributed by atoms with Crippen molar-refractivity contribution >= 4 is 11.6 Å². The van der Waals surface area contributed by atoms with Crippen LogP contribution in [0.2, 0.25) is 0 Å². The number of carbonyl (C=O) groups is 1. The Morgan fingerprint density at radius 2 is 2.12 bits per heavy atom. The van der Waals surface area contributed by atoms with Gasteiger partial charge in [0.1, 0.15) is 0 Å². The van der Waals surface area contributed by atoms with Gasteiger partial charge in [-0.15, -0.1) is 0 Å². The molecular weight excluding hydrogens is 200 g/mol. The van der Waals surface area contributed by atoms with Crippen molar-refractivity contribution in [3.63, 3.8) is 0 Å². The van der Waals surface area contributed by atoms with Crippen molar-refractivity contribution in [2.75, 3.05) is 11.9 Å². The van der Waals surface area contributed by atoms with Gasteiger partial charge in [0.25, 0.3) is 0 Å². The van der Waals surface area contributed by atoms with Gasteiger partial charge in [0.15, 0.2) is 0 Å². The van der Waals surface area contributed by atoms with Crippen LogP contribution < -0.4 is 10.6 Å². The summed E-state index contributed by atoms with van der Waals surface area (Å²) < 4.78 is 0. The molecule has 2 N–H and O–H groups in total. The summed E-state index contributed by atoms with van der Waals surface area (Å²) in [6.45, 7) is 5.87. The number of amides is 1. The summed E-state index contributed by atoms with van der Waals surface area (Å²) in [6, 6.07) is 7.95. The summed E-state index contributed by atoms with van der Waals surface area (Å²) in [7, 11) is 0. The fourth-order valence-electron chi connectivity index (χ4n) is 1.48. The van der Waals surface area contributed by atoms with Crippen LogP contribution >= 0.6 is 0 Å². The van der Waals surface area contributed by atoms with Crippen molar-refractivity contribution in [2.24, 2.45) is 0 Å². The summed E-state index contributed by atoms with van der Waals surface area (Å²) in [5.41, 5.74) is 2.07. The number of nitrogens with one attached hydrogen (secondary N) is 2. The van der Waals surface area contributed by atoms with Crippen LogP contribution in [0.3, 0.4) is 0 Å². The van der Waals surface area contributed by atoms with Crippen LogP contribution in [0.4, 0.5) is 5.69 Å². The Kier molecular flexibility index (Phi) is 5.57. The van der Waals surface area contributed by atoms with Crippen molar-refractivity contribution in [1.29, 1.82) is 0 Å². The monoisotopic (exact) mass is 220 g/mol. The van der Waals surface area contributed by atoms with E-state index in [-0.39, 0.29) is 5.91 Å². The fraction of sp³-hybridized carbons (Fsp3) is 0.462. The lowest BCUT2D eigenvalue weighted by molar-refractivity contribution is -0.116. The maximum absolute atomic E-state index is 11.4. The molecule has 0 bridgehead atoms. The molecule has 0 saturated heterocycles. The first-order chi connectivity index (χ1) is 7.76. The maximum atomic E-state index is 11.4. The van der Waals surface area contributed by atoms with E-state index in [9.17, 15) is 4.79 Å². The Morgan fingerprint density at radius 3 is 2.81 bits per heavy atom. The number of hydrogen-bond acceptors (Lipinski definition) is 2. The number of carbonyl (C=O) groups excluding carboxylic acids is 1. The molecule has 0 saturated carbocycles. The highest BCUT2D eigenvalue weighted by Crippen LogP contribution is 2.11. The third kappa shape index (κ3) is 4.45. The van der Waals surface area contributed by atoms with Gasteiger partial charge in [-0.05, 0) is 30.7 Å². The van der Waals surface area contributed by atoms with Crippen LogP contribution in [0.5, 0.6) is 0 Å². The summed E-state index contributed by atoms with van der Waals surface area (Å²) in [6.07, 6.45) is 1.46. The lowest BCUT2D eigenvalue weighted by atomic mass is 10.2. The quantitative estimate of drug-likeness (QED) is 0.773. The van der Waals surface area contributed by atoms with E-state index in [0.717, 1.165) is 25.2 Å². The molecule has 1 aromatic rings. The van der Waals surface area contributed by atoms with Crippen molar-refractivity contribution < 1.29 is 4.79 Å². The molecule has 0 aliphatic heterocycles. The largest absolute Gasteiger partial charge is 0.326 e. The normalized spacial score (nSPS) is 10.1. The first-order valence-corrected chi connectivity index (χ1v) is 5.85. The molecule has 0 aliphatic rings. The molecule has 0 atom stereocenters. The van der Waals surface area contributed by atoms with E-state index in [1.165, 1.54) is 5.56 Å². The Morgan fingerprint density at radius 1 is 1.31 bits per heavy atom. The SMILES string of the molecule is CCCC(=O)Nc1cccc(CNCC)c1. The molecule has 1 aromatic carbocycles. The standard InChI is InChI=1S/C13H20N2O/c1-3-6-13(16)15-12-8-5-7-11(9-12)10-14-4-2/h5,7-9,14H,3-4,6,10H2,1-2H3,(H,15,16). The van der Waals surface area contributed by atoms with Crippen molar-refractivity contribution in [2.45, 2.75) is 33.2 Å². The molecule has 88 valence electrons. The molecule has 0 heterocycles. The van der Waals surface area contributed by atoms with Crippen LogP contribution in [0, 0.1) is 0 Å². The Labute approximate surface area is 97.2 Å². The summed E-state index contributed by atoms with van der Waals surface area (Å²) in [5.74, 6) is 0.0862. The second kappa shape index (κ2) is 7.01. The Hall–Kier alpha value is -1.35. The smallest absolute Gasteiger partial charge is 0.224 e. The van der Waals surface area contributed by atoms with Crippen molar-refractivity contribution in [3.8, 4) is 0 Å². The molecule has 0 radical (unpaired) electrons. The van der Waals surface area contributed by atoms with Crippen LogP contribution in [-0.2, 0) is 11.3 Å².